The van der Waals surface area contributed by atoms with Gasteiger partial charge in [-0.2, -0.15) is 0 Å². The minimum atomic E-state index is -3.27. The summed E-state index contributed by atoms with van der Waals surface area (Å²) in [7, 11) is 6.41. The second-order valence-corrected chi connectivity index (χ2v) is 49.3. The van der Waals surface area contributed by atoms with Crippen LogP contribution in [0.2, 0.25) is 0 Å². The van der Waals surface area contributed by atoms with Crippen LogP contribution in [0.25, 0.3) is 0 Å². The van der Waals surface area contributed by atoms with E-state index >= 15 is 0 Å². The summed E-state index contributed by atoms with van der Waals surface area (Å²) in [4.78, 5) is 47.1. The molecule has 25 heavy (non-hydrogen) atoms. The Morgan fingerprint density at radius 1 is 0.520 bits per heavy atom. The fraction of sp³-hybridized carbons (Fsp3) is 0.667. The first-order valence-corrected chi connectivity index (χ1v) is 29.5. The van der Waals surface area contributed by atoms with E-state index in [0.717, 1.165) is 0 Å². The molecule has 0 amide bonds. The Morgan fingerprint density at radius 3 is 0.880 bits per heavy atom. The second-order valence-electron chi connectivity index (χ2n) is 3.96. The quantitative estimate of drug-likeness (QED) is 0.304. The molecule has 0 fully saturated rings. The minimum absolute atomic E-state index is 0.0801. The molecule has 0 spiro atoms. The van der Waals surface area contributed by atoms with Gasteiger partial charge in [0.1, 0.15) is 0 Å². The normalized spacial score (nSPS) is 11.4. The zero-order valence-corrected chi connectivity index (χ0v) is 23.6. The van der Waals surface area contributed by atoms with Gasteiger partial charge in [-0.25, -0.2) is 0 Å². The zero-order chi connectivity index (χ0) is 19.3. The molecule has 13 heteroatoms. The molecule has 4 nitrogen and oxygen atoms in total. The number of carbonyl (C=O) groups is 4. The predicted octanol–water partition coefficient (Wildman–Crippen LogP) is 3.91. The summed E-state index contributed by atoms with van der Waals surface area (Å²) < 4.78 is 0. The number of hydrogen-bond acceptors (Lipinski definition) is 12. The molecule has 0 N–H and O–H groups in total. The maximum atomic E-state index is 11.8. The van der Waals surface area contributed by atoms with Crippen LogP contribution in [0.1, 0.15) is 0 Å². The molecule has 0 saturated carbocycles. The van der Waals surface area contributed by atoms with Gasteiger partial charge in [0.05, 0.1) is 0 Å². The summed E-state index contributed by atoms with van der Waals surface area (Å²) in [6, 6.07) is 0. The third-order valence-electron chi connectivity index (χ3n) is 2.38. The van der Waals surface area contributed by atoms with Crippen LogP contribution in [0.5, 0.6) is 0 Å². The summed E-state index contributed by atoms with van der Waals surface area (Å²) in [6.45, 7) is 0. The van der Waals surface area contributed by atoms with Crippen LogP contribution in [0, 0.1) is 0 Å². The molecule has 0 unspecified atom stereocenters. The first kappa shape index (κ1) is 27.3. The van der Waals surface area contributed by atoms with Gasteiger partial charge in [0.15, 0.2) is 0 Å². The monoisotopic (exact) mass is 604 g/mol. The van der Waals surface area contributed by atoms with Gasteiger partial charge in [-0.15, -0.1) is 0 Å². The molecule has 0 aromatic rings. The summed E-state index contributed by atoms with van der Waals surface area (Å²) in [5.41, 5.74) is 0. The molecule has 144 valence electrons. The molecule has 0 aliphatic rings. The van der Waals surface area contributed by atoms with Gasteiger partial charge in [0.2, 0.25) is 0 Å². The Bertz CT molecular complexity index is 391. The van der Waals surface area contributed by atoms with Crippen LogP contribution < -0.4 is 0 Å². The fourth-order valence-electron chi connectivity index (χ4n) is 1.07. The molecule has 0 radical (unpaired) electrons. The standard InChI is InChI=1S/4C3H6OS2.Sn/c4*1-6-3(4)2-5;/h4*5H,2H2,1H3;/q;;;;+4/p-4. The summed E-state index contributed by atoms with van der Waals surface area (Å²) >= 11 is 1.47. The molecule has 0 aliphatic carbocycles. The van der Waals surface area contributed by atoms with E-state index in [2.05, 4.69) is 0 Å². The Hall–Kier alpha value is 2.28. The Labute approximate surface area is 181 Å². The maximum absolute atomic E-state index is 11.8. The number of thioether (sulfide) groups is 4. The van der Waals surface area contributed by atoms with Crippen molar-refractivity contribution in [1.82, 2.24) is 0 Å². The average molecular weight is 604 g/mol. The van der Waals surface area contributed by atoms with Crippen molar-refractivity contribution >= 4 is 116 Å². The van der Waals surface area contributed by atoms with Gasteiger partial charge in [-0.1, -0.05) is 0 Å². The summed E-state index contributed by atoms with van der Waals surface area (Å²) in [6.07, 6.45) is 7.00. The van der Waals surface area contributed by atoms with Crippen LogP contribution in [-0.4, -0.2) is 81.3 Å². The van der Waals surface area contributed by atoms with Gasteiger partial charge >= 0.3 is 183 Å². The van der Waals surface area contributed by atoms with E-state index in [1.165, 1.54) is 47.0 Å². The topological polar surface area (TPSA) is 68.3 Å². The zero-order valence-electron chi connectivity index (χ0n) is 14.2. The predicted molar refractivity (Wildman–Crippen MR) is 130 cm³/mol. The molecule has 0 saturated heterocycles. The number of hydrogen-bond donors (Lipinski definition) is 0. The van der Waals surface area contributed by atoms with E-state index in [1.54, 1.807) is 60.8 Å². The molecule has 0 atom stereocenters. The second kappa shape index (κ2) is 16.1. The van der Waals surface area contributed by atoms with Crippen molar-refractivity contribution in [3.05, 3.63) is 0 Å². The van der Waals surface area contributed by atoms with E-state index in [0.29, 0.717) is 23.0 Å². The van der Waals surface area contributed by atoms with Crippen molar-refractivity contribution in [2.45, 2.75) is 0 Å². The van der Waals surface area contributed by atoms with Crippen molar-refractivity contribution in [1.29, 1.82) is 0 Å². The van der Waals surface area contributed by atoms with Crippen molar-refractivity contribution in [2.24, 2.45) is 0 Å². The third kappa shape index (κ3) is 13.2. The average Bonchev–Trinajstić information content (AvgIpc) is 2.65. The van der Waals surface area contributed by atoms with Crippen molar-refractivity contribution in [3.8, 4) is 0 Å². The molecular formula is C12H20O4S8Sn. The molecule has 0 aliphatic heterocycles. The number of carbonyl (C=O) groups excluding carboxylic acids is 4. The van der Waals surface area contributed by atoms with E-state index in [4.69, 9.17) is 0 Å². The Balaban J connectivity index is 5.24. The molecular weight excluding hydrogens is 583 g/mol. The van der Waals surface area contributed by atoms with Crippen LogP contribution in [0.4, 0.5) is 0 Å². The Kier molecular flexibility index (Phi) is 17.6. The third-order valence-corrected chi connectivity index (χ3v) is 54.1. The van der Waals surface area contributed by atoms with Crippen LogP contribution in [0.15, 0.2) is 0 Å². The van der Waals surface area contributed by atoms with Crippen molar-refractivity contribution in [3.63, 3.8) is 0 Å². The van der Waals surface area contributed by atoms with Crippen molar-refractivity contribution < 1.29 is 19.2 Å². The number of rotatable bonds is 12. The SMILES string of the molecule is CSC(=O)C[S][Sn]([S]CC(=O)SC)([S]CC(=O)SC)[S]CC(=O)SC. The summed E-state index contributed by atoms with van der Waals surface area (Å²) in [5.74, 6) is 1.44. The van der Waals surface area contributed by atoms with E-state index in [9.17, 15) is 19.2 Å². The van der Waals surface area contributed by atoms with Crippen LogP contribution in [-0.2, 0) is 19.2 Å². The molecule has 0 aromatic heterocycles. The van der Waals surface area contributed by atoms with E-state index in [-0.39, 0.29) is 20.5 Å². The Morgan fingerprint density at radius 2 is 0.720 bits per heavy atom. The van der Waals surface area contributed by atoms with Crippen LogP contribution >= 0.6 is 82.8 Å². The summed E-state index contributed by atoms with van der Waals surface area (Å²) in [5, 5.41) is 0.320. The van der Waals surface area contributed by atoms with Gasteiger partial charge in [0, 0.05) is 0 Å². The fourth-order valence-corrected chi connectivity index (χ4v) is 48.0. The first-order valence-electron chi connectivity index (χ1n) is 6.65. The molecule has 0 heterocycles. The molecule has 0 rings (SSSR count). The van der Waals surface area contributed by atoms with Gasteiger partial charge in [-0.05, 0) is 0 Å². The van der Waals surface area contributed by atoms with Gasteiger partial charge in [-0.3, -0.25) is 0 Å². The van der Waals surface area contributed by atoms with Gasteiger partial charge in [0.25, 0.3) is 0 Å². The molecule has 0 aromatic carbocycles. The molecule has 0 bridgehead atoms. The van der Waals surface area contributed by atoms with Crippen LogP contribution in [0.3, 0.4) is 0 Å². The van der Waals surface area contributed by atoms with E-state index in [1.807, 2.05) is 0 Å². The van der Waals surface area contributed by atoms with E-state index < -0.39 is 12.8 Å². The van der Waals surface area contributed by atoms with Crippen molar-refractivity contribution in [2.75, 3.05) is 48.0 Å². The first-order chi connectivity index (χ1) is 11.8. The van der Waals surface area contributed by atoms with Gasteiger partial charge < -0.3 is 0 Å².